The predicted molar refractivity (Wildman–Crippen MR) is 99.1 cm³/mol. The summed E-state index contributed by atoms with van der Waals surface area (Å²) in [5, 5.41) is 13.4. The Morgan fingerprint density at radius 3 is 3.05 bits per heavy atom. The van der Waals surface area contributed by atoms with Crippen LogP contribution in [0.1, 0.15) is 24.6 Å². The first-order chi connectivity index (χ1) is 10.8. The molecular weight excluding hydrogens is 310 g/mol. The summed E-state index contributed by atoms with van der Waals surface area (Å²) in [6, 6.07) is 10.4. The van der Waals surface area contributed by atoms with Gasteiger partial charge in [0.1, 0.15) is 5.84 Å². The number of hydrogen-bond acceptors (Lipinski definition) is 4. The lowest BCUT2D eigenvalue weighted by atomic mass is 10.2. The van der Waals surface area contributed by atoms with Crippen LogP contribution in [-0.4, -0.2) is 24.7 Å². The van der Waals surface area contributed by atoms with Gasteiger partial charge in [-0.3, -0.25) is 5.41 Å². The molecule has 0 bridgehead atoms. The highest BCUT2D eigenvalue weighted by Gasteiger charge is 2.17. The van der Waals surface area contributed by atoms with E-state index >= 15 is 0 Å². The maximum atomic E-state index is 8.17. The van der Waals surface area contributed by atoms with Crippen molar-refractivity contribution in [2.45, 2.75) is 24.7 Å². The van der Waals surface area contributed by atoms with Gasteiger partial charge in [-0.2, -0.15) is 0 Å². The lowest BCUT2D eigenvalue weighted by Gasteiger charge is -2.31. The summed E-state index contributed by atoms with van der Waals surface area (Å²) in [5.41, 5.74) is 2.31. The van der Waals surface area contributed by atoms with Crippen molar-refractivity contribution in [1.82, 2.24) is 0 Å². The summed E-state index contributed by atoms with van der Waals surface area (Å²) >= 11 is 3.52. The summed E-state index contributed by atoms with van der Waals surface area (Å²) in [4.78, 5) is 4.81. The zero-order valence-electron chi connectivity index (χ0n) is 12.8. The van der Waals surface area contributed by atoms with Gasteiger partial charge < -0.3 is 10.2 Å². The van der Waals surface area contributed by atoms with Crippen molar-refractivity contribution < 1.29 is 0 Å². The minimum absolute atomic E-state index is 0.471. The molecule has 116 valence electrons. The summed E-state index contributed by atoms with van der Waals surface area (Å²) in [5.74, 6) is 1.63. The number of anilines is 2. The second kappa shape index (κ2) is 7.20. The number of thiophene rings is 1. The van der Waals surface area contributed by atoms with E-state index in [0.29, 0.717) is 5.84 Å². The molecule has 3 rings (SSSR count). The second-order valence-electron chi connectivity index (χ2n) is 5.35. The van der Waals surface area contributed by atoms with E-state index in [1.165, 1.54) is 23.4 Å². The van der Waals surface area contributed by atoms with Crippen molar-refractivity contribution in [2.24, 2.45) is 0 Å². The van der Waals surface area contributed by atoms with Crippen LogP contribution in [0.25, 0.3) is 0 Å². The Balaban J connectivity index is 1.78. The number of thioether (sulfide) groups is 1. The summed E-state index contributed by atoms with van der Waals surface area (Å²) in [7, 11) is 0. The zero-order chi connectivity index (χ0) is 15.4. The molecule has 5 heteroatoms. The third kappa shape index (κ3) is 3.47. The van der Waals surface area contributed by atoms with Gasteiger partial charge in [0.2, 0.25) is 0 Å². The normalized spacial score (nSPS) is 13.8. The molecule has 22 heavy (non-hydrogen) atoms. The standard InChI is InChI=1S/C17H21N3S2/c1-2-3-8-20-9-11-22-15-7-6-13(12-14(15)20)19-17(18)16-5-4-10-21-16/h4-7,10,12H,2-3,8-9,11H2,1H3,(H2,18,19). The summed E-state index contributed by atoms with van der Waals surface area (Å²) in [6.07, 6.45) is 2.45. The van der Waals surface area contributed by atoms with Crippen molar-refractivity contribution in [2.75, 3.05) is 29.1 Å². The van der Waals surface area contributed by atoms with E-state index in [-0.39, 0.29) is 0 Å². The molecule has 1 aromatic carbocycles. The van der Waals surface area contributed by atoms with Crippen LogP contribution in [0, 0.1) is 5.41 Å². The maximum absolute atomic E-state index is 8.17. The fourth-order valence-corrected chi connectivity index (χ4v) is 4.22. The van der Waals surface area contributed by atoms with Gasteiger partial charge in [0, 0.05) is 29.4 Å². The van der Waals surface area contributed by atoms with Gasteiger partial charge in [0.05, 0.1) is 10.6 Å². The maximum Gasteiger partial charge on any atom is 0.140 e. The smallest absolute Gasteiger partial charge is 0.140 e. The highest BCUT2D eigenvalue weighted by atomic mass is 32.2. The second-order valence-corrected chi connectivity index (χ2v) is 7.43. The number of fused-ring (bicyclic) bond motifs is 1. The average Bonchev–Trinajstić information content (AvgIpc) is 3.07. The van der Waals surface area contributed by atoms with Crippen molar-refractivity contribution in [3.05, 3.63) is 40.6 Å². The van der Waals surface area contributed by atoms with E-state index in [0.717, 1.165) is 29.4 Å². The van der Waals surface area contributed by atoms with Crippen LogP contribution >= 0.6 is 23.1 Å². The van der Waals surface area contributed by atoms with Crippen LogP contribution in [-0.2, 0) is 0 Å². The third-order valence-corrected chi connectivity index (χ3v) is 5.67. The van der Waals surface area contributed by atoms with Crippen LogP contribution in [0.5, 0.6) is 0 Å². The molecule has 0 fully saturated rings. The fourth-order valence-electron chi connectivity index (χ4n) is 2.56. The number of benzene rings is 1. The number of unbranched alkanes of at least 4 members (excludes halogenated alkanes) is 1. The van der Waals surface area contributed by atoms with E-state index in [2.05, 4.69) is 35.3 Å². The van der Waals surface area contributed by atoms with Gasteiger partial charge >= 0.3 is 0 Å². The van der Waals surface area contributed by atoms with Crippen LogP contribution in [0.2, 0.25) is 0 Å². The van der Waals surface area contributed by atoms with E-state index in [1.54, 1.807) is 11.3 Å². The Morgan fingerprint density at radius 1 is 1.36 bits per heavy atom. The Bertz CT molecular complexity index is 637. The lowest BCUT2D eigenvalue weighted by Crippen LogP contribution is -2.30. The molecule has 1 aromatic heterocycles. The average molecular weight is 332 g/mol. The van der Waals surface area contributed by atoms with Crippen molar-refractivity contribution in [3.8, 4) is 0 Å². The molecule has 1 aliphatic rings. The first-order valence-corrected chi connectivity index (χ1v) is 9.55. The van der Waals surface area contributed by atoms with Gasteiger partial charge in [0.15, 0.2) is 0 Å². The van der Waals surface area contributed by atoms with E-state index < -0.39 is 0 Å². The molecule has 0 saturated carbocycles. The third-order valence-electron chi connectivity index (χ3n) is 3.74. The minimum atomic E-state index is 0.471. The topological polar surface area (TPSA) is 39.1 Å². The number of amidine groups is 1. The molecule has 2 heterocycles. The molecule has 0 saturated heterocycles. The summed E-state index contributed by atoms with van der Waals surface area (Å²) in [6.45, 7) is 4.47. The summed E-state index contributed by atoms with van der Waals surface area (Å²) < 4.78 is 0. The van der Waals surface area contributed by atoms with Crippen LogP contribution in [0.3, 0.4) is 0 Å². The first kappa shape index (κ1) is 15.4. The minimum Gasteiger partial charge on any atom is -0.370 e. The number of nitrogens with zero attached hydrogens (tertiary/aromatic N) is 1. The predicted octanol–water partition coefficient (Wildman–Crippen LogP) is 4.90. The van der Waals surface area contributed by atoms with Crippen LogP contribution in [0.15, 0.2) is 40.6 Å². The Hall–Kier alpha value is -1.46. The van der Waals surface area contributed by atoms with Gasteiger partial charge in [-0.05, 0) is 36.1 Å². The van der Waals surface area contributed by atoms with Gasteiger partial charge in [-0.1, -0.05) is 19.4 Å². The van der Waals surface area contributed by atoms with Crippen LogP contribution in [0.4, 0.5) is 11.4 Å². The lowest BCUT2D eigenvalue weighted by molar-refractivity contribution is 0.726. The van der Waals surface area contributed by atoms with Crippen LogP contribution < -0.4 is 10.2 Å². The molecule has 1 aliphatic heterocycles. The number of hydrogen-bond donors (Lipinski definition) is 2. The number of rotatable bonds is 5. The van der Waals surface area contributed by atoms with E-state index in [1.807, 2.05) is 29.3 Å². The first-order valence-electron chi connectivity index (χ1n) is 7.69. The molecule has 3 nitrogen and oxygen atoms in total. The largest absolute Gasteiger partial charge is 0.370 e. The zero-order valence-corrected chi connectivity index (χ0v) is 14.4. The molecule has 0 spiro atoms. The Kier molecular flexibility index (Phi) is 5.05. The van der Waals surface area contributed by atoms with Crippen molar-refractivity contribution in [3.63, 3.8) is 0 Å². The van der Waals surface area contributed by atoms with Gasteiger partial charge in [0.25, 0.3) is 0 Å². The monoisotopic (exact) mass is 331 g/mol. The van der Waals surface area contributed by atoms with Gasteiger partial charge in [-0.25, -0.2) is 0 Å². The molecule has 2 aromatic rings. The van der Waals surface area contributed by atoms with Gasteiger partial charge in [-0.15, -0.1) is 23.1 Å². The number of nitrogens with one attached hydrogen (secondary N) is 2. The Labute approximate surface area is 140 Å². The molecule has 0 unspecified atom stereocenters. The molecule has 0 aliphatic carbocycles. The van der Waals surface area contributed by atoms with Crippen molar-refractivity contribution >= 4 is 40.3 Å². The molecule has 0 atom stereocenters. The van der Waals surface area contributed by atoms with Crippen molar-refractivity contribution in [1.29, 1.82) is 5.41 Å². The Morgan fingerprint density at radius 2 is 2.27 bits per heavy atom. The molecule has 2 N–H and O–H groups in total. The van der Waals surface area contributed by atoms with E-state index in [4.69, 9.17) is 5.41 Å². The quantitative estimate of drug-likeness (QED) is 0.605. The highest BCUT2D eigenvalue weighted by Crippen LogP contribution is 2.36. The SMILES string of the molecule is CCCCN1CCSc2ccc(NC(=N)c3cccs3)cc21. The molecular formula is C17H21N3S2. The fraction of sp³-hybridized carbons (Fsp3) is 0.353. The molecule has 0 radical (unpaired) electrons. The highest BCUT2D eigenvalue weighted by molar-refractivity contribution is 7.99. The van der Waals surface area contributed by atoms with E-state index in [9.17, 15) is 0 Å². The molecule has 0 amide bonds.